The van der Waals surface area contributed by atoms with E-state index < -0.39 is 11.7 Å². The molecule has 112 valence electrons. The fourth-order valence-corrected chi connectivity index (χ4v) is 6.18. The normalized spacial score (nSPS) is 55.5. The maximum atomic E-state index is 12.6. The Bertz CT molecular complexity index is 451. The first-order valence-electron chi connectivity index (χ1n) is 8.18. The summed E-state index contributed by atoms with van der Waals surface area (Å²) in [6, 6.07) is 0. The van der Waals surface area contributed by atoms with Crippen LogP contribution in [0.3, 0.4) is 0 Å². The van der Waals surface area contributed by atoms with Gasteiger partial charge in [0, 0.05) is 23.8 Å². The van der Waals surface area contributed by atoms with Crippen molar-refractivity contribution in [3.63, 3.8) is 0 Å². The first kappa shape index (κ1) is 13.2. The Morgan fingerprint density at radius 2 is 1.95 bits per heavy atom. The van der Waals surface area contributed by atoms with Crippen LogP contribution in [0.1, 0.15) is 45.4 Å². The summed E-state index contributed by atoms with van der Waals surface area (Å²) in [5.41, 5.74) is -1.33. The average Bonchev–Trinajstić information content (AvgIpc) is 2.42. The number of aliphatic hydroxyl groups excluding tert-OH is 1. The van der Waals surface area contributed by atoms with Gasteiger partial charge in [0.05, 0.1) is 6.10 Å². The molecule has 2 saturated carbocycles. The Morgan fingerprint density at radius 1 is 1.25 bits per heavy atom. The van der Waals surface area contributed by atoms with E-state index in [2.05, 4.69) is 4.90 Å². The molecule has 2 N–H and O–H groups in total. The van der Waals surface area contributed by atoms with E-state index in [-0.39, 0.29) is 35.5 Å². The summed E-state index contributed by atoms with van der Waals surface area (Å²) in [5, 5.41) is 21.7. The summed E-state index contributed by atoms with van der Waals surface area (Å²) in [7, 11) is 0. The number of carbonyl (C=O) groups excluding carboxylic acids is 1. The summed E-state index contributed by atoms with van der Waals surface area (Å²) >= 11 is 0. The number of aliphatic hydroxyl groups is 2. The molecule has 0 aromatic carbocycles. The molecule has 0 amide bonds. The lowest BCUT2D eigenvalue weighted by atomic mass is 9.46. The Morgan fingerprint density at radius 3 is 2.70 bits per heavy atom. The molecule has 0 aromatic heterocycles. The van der Waals surface area contributed by atoms with Crippen LogP contribution in [-0.4, -0.2) is 51.2 Å². The van der Waals surface area contributed by atoms with Gasteiger partial charge in [0.2, 0.25) is 0 Å². The van der Waals surface area contributed by atoms with Gasteiger partial charge in [-0.1, -0.05) is 6.92 Å². The van der Waals surface area contributed by atoms with Crippen molar-refractivity contribution in [3.05, 3.63) is 0 Å². The Hall–Kier alpha value is -0.450. The van der Waals surface area contributed by atoms with E-state index in [1.54, 1.807) is 0 Å². The lowest BCUT2D eigenvalue weighted by molar-refractivity contribution is -0.257. The second-order valence-electron chi connectivity index (χ2n) is 7.63. The molecule has 0 radical (unpaired) electrons. The Labute approximate surface area is 120 Å². The van der Waals surface area contributed by atoms with Crippen LogP contribution >= 0.6 is 0 Å². The van der Waals surface area contributed by atoms with Crippen LogP contribution in [0, 0.1) is 17.8 Å². The Balaban J connectivity index is 1.88. The predicted molar refractivity (Wildman–Crippen MR) is 74.1 cm³/mol. The number of hydrogen-bond acceptors (Lipinski definition) is 4. The number of ketones is 1. The summed E-state index contributed by atoms with van der Waals surface area (Å²) < 4.78 is 0. The highest BCUT2D eigenvalue weighted by molar-refractivity contribution is 5.85. The van der Waals surface area contributed by atoms with Crippen molar-refractivity contribution in [2.75, 3.05) is 13.1 Å². The van der Waals surface area contributed by atoms with Crippen LogP contribution in [-0.2, 0) is 4.79 Å². The molecule has 1 spiro atoms. The maximum absolute atomic E-state index is 12.6. The van der Waals surface area contributed by atoms with Crippen LogP contribution in [0.2, 0.25) is 0 Å². The van der Waals surface area contributed by atoms with Crippen molar-refractivity contribution < 1.29 is 15.0 Å². The third kappa shape index (κ3) is 1.36. The van der Waals surface area contributed by atoms with Gasteiger partial charge in [-0.2, -0.15) is 0 Å². The molecule has 4 heteroatoms. The molecule has 4 nitrogen and oxygen atoms in total. The van der Waals surface area contributed by atoms with E-state index in [4.69, 9.17) is 0 Å². The molecule has 4 fully saturated rings. The summed E-state index contributed by atoms with van der Waals surface area (Å²) in [6.07, 6.45) is 4.41. The number of hydrogen-bond donors (Lipinski definition) is 2. The van der Waals surface area contributed by atoms with Gasteiger partial charge in [-0.25, -0.2) is 0 Å². The van der Waals surface area contributed by atoms with E-state index in [1.807, 2.05) is 6.92 Å². The van der Waals surface area contributed by atoms with Crippen molar-refractivity contribution in [3.8, 4) is 0 Å². The molecule has 6 unspecified atom stereocenters. The van der Waals surface area contributed by atoms with Gasteiger partial charge in [-0.05, 0) is 51.1 Å². The van der Waals surface area contributed by atoms with E-state index >= 15 is 0 Å². The van der Waals surface area contributed by atoms with Gasteiger partial charge >= 0.3 is 0 Å². The van der Waals surface area contributed by atoms with E-state index in [0.29, 0.717) is 0 Å². The SMILES string of the molecule is CC1CC23C4CCCN2CCCC3C(O)(CC4=O)C1O. The summed E-state index contributed by atoms with van der Waals surface area (Å²) in [6.45, 7) is 4.15. The maximum Gasteiger partial charge on any atom is 0.140 e. The third-order valence-corrected chi connectivity index (χ3v) is 6.79. The van der Waals surface area contributed by atoms with Gasteiger partial charge in [0.15, 0.2) is 0 Å². The summed E-state index contributed by atoms with van der Waals surface area (Å²) in [5.74, 6) is 0.446. The largest absolute Gasteiger partial charge is 0.390 e. The zero-order valence-electron chi connectivity index (χ0n) is 12.2. The number of Topliss-reactive ketones (excluding diaryl/α,β-unsaturated/α-hetero) is 1. The van der Waals surface area contributed by atoms with Gasteiger partial charge in [-0.15, -0.1) is 0 Å². The second-order valence-corrected chi connectivity index (χ2v) is 7.63. The highest BCUT2D eigenvalue weighted by atomic mass is 16.3. The molecule has 2 bridgehead atoms. The topological polar surface area (TPSA) is 60.8 Å². The molecule has 0 aromatic rings. The zero-order valence-corrected chi connectivity index (χ0v) is 12.2. The molecule has 2 aliphatic heterocycles. The molecule has 4 rings (SSSR count). The number of rotatable bonds is 0. The van der Waals surface area contributed by atoms with Crippen molar-refractivity contribution in [1.82, 2.24) is 4.90 Å². The van der Waals surface area contributed by atoms with Crippen molar-refractivity contribution in [2.24, 2.45) is 17.8 Å². The van der Waals surface area contributed by atoms with Crippen LogP contribution in [0.5, 0.6) is 0 Å². The van der Waals surface area contributed by atoms with E-state index in [1.165, 1.54) is 0 Å². The number of nitrogens with zero attached hydrogens (tertiary/aromatic N) is 1. The minimum atomic E-state index is -1.18. The van der Waals surface area contributed by atoms with Crippen molar-refractivity contribution in [2.45, 2.75) is 62.7 Å². The lowest BCUT2D eigenvalue weighted by Gasteiger charge is -2.69. The Kier molecular flexibility index (Phi) is 2.68. The molecule has 2 aliphatic carbocycles. The number of carbonyl (C=O) groups is 1. The molecule has 6 atom stereocenters. The van der Waals surface area contributed by atoms with Gasteiger partial charge in [-0.3, -0.25) is 9.69 Å². The lowest BCUT2D eigenvalue weighted by Crippen LogP contribution is -2.79. The van der Waals surface area contributed by atoms with Gasteiger partial charge < -0.3 is 10.2 Å². The molecular formula is C16H25NO3. The zero-order chi connectivity index (χ0) is 14.1. The first-order valence-corrected chi connectivity index (χ1v) is 8.18. The molecule has 20 heavy (non-hydrogen) atoms. The third-order valence-electron chi connectivity index (χ3n) is 6.79. The van der Waals surface area contributed by atoms with Crippen molar-refractivity contribution >= 4 is 5.78 Å². The second kappa shape index (κ2) is 4.05. The quantitative estimate of drug-likeness (QED) is 0.693. The minimum absolute atomic E-state index is 0.0746. The predicted octanol–water partition coefficient (Wildman–Crippen LogP) is 0.952. The summed E-state index contributed by atoms with van der Waals surface area (Å²) in [4.78, 5) is 15.1. The molecule has 2 saturated heterocycles. The number of piperidine rings is 2. The smallest absolute Gasteiger partial charge is 0.140 e. The standard InChI is InChI=1S/C16H25NO3/c1-10-8-15-11-4-2-6-17(15)7-3-5-13(15)16(20,14(10)19)9-12(11)18/h10-11,13-14,19-20H,2-9H2,1H3. The van der Waals surface area contributed by atoms with Gasteiger partial charge in [0.1, 0.15) is 11.4 Å². The fraction of sp³-hybridized carbons (Fsp3) is 0.938. The average molecular weight is 279 g/mol. The highest BCUT2D eigenvalue weighted by Crippen LogP contribution is 2.60. The molecular weight excluding hydrogens is 254 g/mol. The van der Waals surface area contributed by atoms with Crippen LogP contribution < -0.4 is 0 Å². The first-order chi connectivity index (χ1) is 9.50. The highest BCUT2D eigenvalue weighted by Gasteiger charge is 2.69. The monoisotopic (exact) mass is 279 g/mol. The van der Waals surface area contributed by atoms with Crippen LogP contribution in [0.4, 0.5) is 0 Å². The van der Waals surface area contributed by atoms with Gasteiger partial charge in [0.25, 0.3) is 0 Å². The molecule has 4 aliphatic rings. The van der Waals surface area contributed by atoms with Crippen LogP contribution in [0.15, 0.2) is 0 Å². The fourth-order valence-electron chi connectivity index (χ4n) is 6.18. The van der Waals surface area contributed by atoms with E-state index in [9.17, 15) is 15.0 Å². The van der Waals surface area contributed by atoms with Crippen molar-refractivity contribution in [1.29, 1.82) is 0 Å². The minimum Gasteiger partial charge on any atom is -0.390 e. The van der Waals surface area contributed by atoms with E-state index in [0.717, 1.165) is 45.2 Å². The molecule has 2 heterocycles. The van der Waals surface area contributed by atoms with Crippen LogP contribution in [0.25, 0.3) is 0 Å².